The molecule has 0 saturated heterocycles. The summed E-state index contributed by atoms with van der Waals surface area (Å²) in [5.74, 6) is 0.0819. The average molecular weight is 319 g/mol. The molecule has 1 aromatic heterocycles. The molecule has 7 heteroatoms. The Morgan fingerprint density at radius 1 is 1.40 bits per heavy atom. The van der Waals surface area contributed by atoms with Gasteiger partial charge in [-0.2, -0.15) is 0 Å². The third-order valence-electron chi connectivity index (χ3n) is 2.53. The van der Waals surface area contributed by atoms with Crippen LogP contribution in [0.5, 0.6) is 0 Å². The molecule has 0 radical (unpaired) electrons. The summed E-state index contributed by atoms with van der Waals surface area (Å²) in [5.41, 5.74) is 0.596. The minimum absolute atomic E-state index is 0.0819. The molecule has 0 bridgehead atoms. The van der Waals surface area contributed by atoms with E-state index in [4.69, 9.17) is 0 Å². The summed E-state index contributed by atoms with van der Waals surface area (Å²) in [6.07, 6.45) is 1.06. The van der Waals surface area contributed by atoms with Crippen LogP contribution in [0.4, 0.5) is 5.13 Å². The third-order valence-corrected chi connectivity index (χ3v) is 5.19. The number of nitrogens with one attached hydrogen (secondary N) is 2. The summed E-state index contributed by atoms with van der Waals surface area (Å²) in [6, 6.07) is 0.132. The van der Waals surface area contributed by atoms with Crippen LogP contribution >= 0.6 is 11.3 Å². The van der Waals surface area contributed by atoms with Crippen LogP contribution in [0.25, 0.3) is 0 Å². The average Bonchev–Trinajstić information content (AvgIpc) is 2.69. The fourth-order valence-corrected chi connectivity index (χ4v) is 4.48. The predicted octanol–water partition coefficient (Wildman–Crippen LogP) is 2.99. The Hall–Kier alpha value is -0.660. The molecule has 1 heterocycles. The summed E-state index contributed by atoms with van der Waals surface area (Å²) in [4.78, 5) is 4.34. The molecule has 5 nitrogen and oxygen atoms in total. The largest absolute Gasteiger partial charge is 0.309 e. The van der Waals surface area contributed by atoms with Gasteiger partial charge < -0.3 is 5.32 Å². The number of nitrogens with zero attached hydrogens (tertiary/aromatic N) is 1. The molecule has 0 aliphatic carbocycles. The first kappa shape index (κ1) is 17.4. The SMILES string of the molecule is CCCNC(C)c1csc(NS(=O)(=O)CC(C)(C)C)n1. The Morgan fingerprint density at radius 2 is 2.05 bits per heavy atom. The third kappa shape index (κ3) is 6.19. The van der Waals surface area contributed by atoms with Gasteiger partial charge in [-0.15, -0.1) is 11.3 Å². The molecule has 0 aliphatic heterocycles. The van der Waals surface area contributed by atoms with Crippen molar-refractivity contribution in [2.45, 2.75) is 47.1 Å². The van der Waals surface area contributed by atoms with E-state index in [0.29, 0.717) is 5.13 Å². The molecule has 116 valence electrons. The molecule has 0 amide bonds. The van der Waals surface area contributed by atoms with Gasteiger partial charge in [0.1, 0.15) is 0 Å². The Morgan fingerprint density at radius 3 is 2.60 bits per heavy atom. The van der Waals surface area contributed by atoms with E-state index < -0.39 is 10.0 Å². The molecule has 1 aromatic rings. The number of hydrogen-bond donors (Lipinski definition) is 2. The van der Waals surface area contributed by atoms with E-state index in [0.717, 1.165) is 18.7 Å². The zero-order chi connectivity index (χ0) is 15.4. The van der Waals surface area contributed by atoms with Crippen LogP contribution in [0.1, 0.15) is 52.8 Å². The fraction of sp³-hybridized carbons (Fsp3) is 0.769. The number of anilines is 1. The highest BCUT2D eigenvalue weighted by molar-refractivity contribution is 7.92. The molecule has 0 aromatic carbocycles. The normalized spacial score (nSPS) is 14.2. The van der Waals surface area contributed by atoms with Crippen LogP contribution in [0.3, 0.4) is 0 Å². The van der Waals surface area contributed by atoms with Crippen molar-refractivity contribution in [2.24, 2.45) is 5.41 Å². The van der Waals surface area contributed by atoms with E-state index in [9.17, 15) is 8.42 Å². The Kier molecular flexibility index (Phi) is 5.97. The predicted molar refractivity (Wildman–Crippen MR) is 85.7 cm³/mol. The van der Waals surface area contributed by atoms with E-state index >= 15 is 0 Å². The van der Waals surface area contributed by atoms with Gasteiger partial charge in [-0.05, 0) is 25.3 Å². The number of thiazole rings is 1. The van der Waals surface area contributed by atoms with E-state index in [2.05, 4.69) is 21.9 Å². The smallest absolute Gasteiger partial charge is 0.235 e. The van der Waals surface area contributed by atoms with Gasteiger partial charge in [0.15, 0.2) is 5.13 Å². The van der Waals surface area contributed by atoms with Crippen LogP contribution in [-0.4, -0.2) is 25.7 Å². The van der Waals surface area contributed by atoms with Crippen molar-refractivity contribution in [1.82, 2.24) is 10.3 Å². The summed E-state index contributed by atoms with van der Waals surface area (Å²) in [5, 5.41) is 5.66. The molecule has 0 fully saturated rings. The van der Waals surface area contributed by atoms with Gasteiger partial charge in [0.2, 0.25) is 10.0 Å². The van der Waals surface area contributed by atoms with Crippen LogP contribution < -0.4 is 10.0 Å². The second-order valence-corrected chi connectivity index (χ2v) is 8.76. The molecular weight excluding hydrogens is 294 g/mol. The minimum atomic E-state index is -3.34. The van der Waals surface area contributed by atoms with Crippen molar-refractivity contribution in [3.8, 4) is 0 Å². The molecule has 0 saturated carbocycles. The zero-order valence-electron chi connectivity index (χ0n) is 12.9. The number of sulfonamides is 1. The molecule has 0 spiro atoms. The van der Waals surface area contributed by atoms with Crippen molar-refractivity contribution < 1.29 is 8.42 Å². The summed E-state index contributed by atoms with van der Waals surface area (Å²) in [7, 11) is -3.34. The molecule has 1 atom stereocenters. The number of rotatable bonds is 7. The lowest BCUT2D eigenvalue weighted by Gasteiger charge is -2.17. The second-order valence-electron chi connectivity index (χ2n) is 6.18. The van der Waals surface area contributed by atoms with E-state index in [-0.39, 0.29) is 17.2 Å². The molecule has 0 aliphatic rings. The van der Waals surface area contributed by atoms with Gasteiger partial charge in [-0.25, -0.2) is 13.4 Å². The van der Waals surface area contributed by atoms with Gasteiger partial charge >= 0.3 is 0 Å². The van der Waals surface area contributed by atoms with E-state index in [1.807, 2.05) is 33.1 Å². The van der Waals surface area contributed by atoms with Crippen LogP contribution in [0, 0.1) is 5.41 Å². The lowest BCUT2D eigenvalue weighted by atomic mass is 10.0. The molecule has 2 N–H and O–H groups in total. The first-order valence-corrected chi connectivity index (χ1v) is 9.35. The molecule has 20 heavy (non-hydrogen) atoms. The zero-order valence-corrected chi connectivity index (χ0v) is 14.5. The Labute approximate surface area is 126 Å². The highest BCUT2D eigenvalue weighted by Crippen LogP contribution is 2.23. The van der Waals surface area contributed by atoms with Crippen molar-refractivity contribution >= 4 is 26.5 Å². The monoisotopic (exact) mass is 319 g/mol. The highest BCUT2D eigenvalue weighted by Gasteiger charge is 2.22. The van der Waals surface area contributed by atoms with Gasteiger partial charge in [0.25, 0.3) is 0 Å². The fourth-order valence-electron chi connectivity index (χ4n) is 1.74. The topological polar surface area (TPSA) is 71.1 Å². The maximum atomic E-state index is 12.0. The number of hydrogen-bond acceptors (Lipinski definition) is 5. The number of aromatic nitrogens is 1. The van der Waals surface area contributed by atoms with Crippen LogP contribution in [0.2, 0.25) is 0 Å². The lowest BCUT2D eigenvalue weighted by molar-refractivity contribution is 0.463. The Bertz CT molecular complexity index is 518. The van der Waals surface area contributed by atoms with Gasteiger partial charge in [0, 0.05) is 11.4 Å². The van der Waals surface area contributed by atoms with E-state index in [1.54, 1.807) is 0 Å². The maximum absolute atomic E-state index is 12.0. The maximum Gasteiger partial charge on any atom is 0.235 e. The summed E-state index contributed by atoms with van der Waals surface area (Å²) in [6.45, 7) is 10.7. The van der Waals surface area contributed by atoms with Crippen molar-refractivity contribution in [3.63, 3.8) is 0 Å². The van der Waals surface area contributed by atoms with Crippen molar-refractivity contribution in [3.05, 3.63) is 11.1 Å². The van der Waals surface area contributed by atoms with Crippen molar-refractivity contribution in [2.75, 3.05) is 17.0 Å². The summed E-state index contributed by atoms with van der Waals surface area (Å²) >= 11 is 1.32. The molecule has 1 rings (SSSR count). The van der Waals surface area contributed by atoms with Crippen LogP contribution in [0.15, 0.2) is 5.38 Å². The molecule has 1 unspecified atom stereocenters. The van der Waals surface area contributed by atoms with Crippen molar-refractivity contribution in [1.29, 1.82) is 0 Å². The molecular formula is C13H25N3O2S2. The first-order valence-electron chi connectivity index (χ1n) is 6.82. The lowest BCUT2D eigenvalue weighted by Crippen LogP contribution is -2.26. The van der Waals surface area contributed by atoms with Gasteiger partial charge in [-0.1, -0.05) is 27.7 Å². The standard InChI is InChI=1S/C13H25N3O2S2/c1-6-7-14-10(2)11-8-19-12(15-11)16-20(17,18)9-13(3,4)5/h8,10,14H,6-7,9H2,1-5H3,(H,15,16). The van der Waals surface area contributed by atoms with Crippen LogP contribution in [-0.2, 0) is 10.0 Å². The van der Waals surface area contributed by atoms with Gasteiger partial charge in [0.05, 0.1) is 11.4 Å². The quantitative estimate of drug-likeness (QED) is 0.810. The van der Waals surface area contributed by atoms with Gasteiger partial charge in [-0.3, -0.25) is 4.72 Å². The minimum Gasteiger partial charge on any atom is -0.309 e. The highest BCUT2D eigenvalue weighted by atomic mass is 32.2. The first-order chi connectivity index (χ1) is 9.13. The second kappa shape index (κ2) is 6.87. The Balaban J connectivity index is 2.68. The van der Waals surface area contributed by atoms with E-state index in [1.165, 1.54) is 11.3 Å². The summed E-state index contributed by atoms with van der Waals surface area (Å²) < 4.78 is 26.6.